The molecule has 1 aliphatic carbocycles. The van der Waals surface area contributed by atoms with Gasteiger partial charge in [-0.1, -0.05) is 11.8 Å². The summed E-state index contributed by atoms with van der Waals surface area (Å²) >= 11 is 0. The highest BCUT2D eigenvalue weighted by molar-refractivity contribution is 5.64. The molecule has 4 nitrogen and oxygen atoms in total. The zero-order chi connectivity index (χ0) is 11.1. The number of nitrogens with one attached hydrogen (secondary N) is 1. The Hall–Kier alpha value is -1.21. The van der Waals surface area contributed by atoms with E-state index in [0.29, 0.717) is 18.4 Å². The highest BCUT2D eigenvalue weighted by Crippen LogP contribution is 2.27. The van der Waals surface area contributed by atoms with Crippen LogP contribution in [-0.4, -0.2) is 29.5 Å². The molecule has 15 heavy (non-hydrogen) atoms. The highest BCUT2D eigenvalue weighted by atomic mass is 16.4. The predicted octanol–water partition coefficient (Wildman–Crippen LogP) is 1.06. The lowest BCUT2D eigenvalue weighted by atomic mass is 9.82. The fourth-order valence-corrected chi connectivity index (χ4v) is 1.93. The zero-order valence-corrected chi connectivity index (χ0v) is 8.70. The molecule has 0 bridgehead atoms. The summed E-state index contributed by atoms with van der Waals surface area (Å²) in [6.45, 7) is 0.482. The molecule has 0 radical (unpaired) electrons. The van der Waals surface area contributed by atoms with E-state index in [0.717, 1.165) is 25.7 Å². The number of carbonyl (C=O) groups is 1. The van der Waals surface area contributed by atoms with Gasteiger partial charge in [0.1, 0.15) is 6.61 Å². The first-order chi connectivity index (χ1) is 7.22. The van der Waals surface area contributed by atoms with Crippen molar-refractivity contribution >= 4 is 6.09 Å². The molecule has 1 fully saturated rings. The Morgan fingerprint density at radius 2 is 2.00 bits per heavy atom. The first kappa shape index (κ1) is 11.9. The fourth-order valence-electron chi connectivity index (χ4n) is 1.93. The average Bonchev–Trinajstić information content (AvgIpc) is 2.25. The van der Waals surface area contributed by atoms with Crippen LogP contribution >= 0.6 is 0 Å². The third-order valence-electron chi connectivity index (χ3n) is 2.77. The van der Waals surface area contributed by atoms with Crippen LogP contribution in [0.25, 0.3) is 0 Å². The molecule has 1 amide bonds. The molecule has 4 heteroatoms. The van der Waals surface area contributed by atoms with E-state index in [-0.39, 0.29) is 6.61 Å². The minimum absolute atomic E-state index is 0.0690. The van der Waals surface area contributed by atoms with E-state index in [9.17, 15) is 4.79 Å². The number of rotatable bonds is 2. The third kappa shape index (κ3) is 4.71. The van der Waals surface area contributed by atoms with E-state index >= 15 is 0 Å². The van der Waals surface area contributed by atoms with Gasteiger partial charge in [-0.3, -0.25) is 0 Å². The van der Waals surface area contributed by atoms with Crippen LogP contribution in [0.15, 0.2) is 0 Å². The second kappa shape index (κ2) is 6.31. The van der Waals surface area contributed by atoms with Crippen molar-refractivity contribution < 1.29 is 15.0 Å². The lowest BCUT2D eigenvalue weighted by Crippen LogP contribution is -2.29. The molecule has 1 saturated carbocycles. The Kier molecular flexibility index (Phi) is 4.99. The molecule has 3 N–H and O–H groups in total. The summed E-state index contributed by atoms with van der Waals surface area (Å²) in [6, 6.07) is 0. The van der Waals surface area contributed by atoms with Crippen molar-refractivity contribution in [3.8, 4) is 11.8 Å². The molecule has 0 spiro atoms. The SMILES string of the molecule is O=C(O)NCC1CCC(C#CCO)CC1. The van der Waals surface area contributed by atoms with E-state index in [1.165, 1.54) is 0 Å². The Morgan fingerprint density at radius 1 is 1.33 bits per heavy atom. The largest absolute Gasteiger partial charge is 0.465 e. The van der Waals surface area contributed by atoms with Crippen molar-refractivity contribution in [1.29, 1.82) is 0 Å². The topological polar surface area (TPSA) is 69.6 Å². The molecule has 0 heterocycles. The van der Waals surface area contributed by atoms with Crippen molar-refractivity contribution in [2.75, 3.05) is 13.2 Å². The maximum atomic E-state index is 10.3. The molecule has 0 saturated heterocycles. The van der Waals surface area contributed by atoms with Crippen LogP contribution < -0.4 is 5.32 Å². The summed E-state index contributed by atoms with van der Waals surface area (Å²) in [4.78, 5) is 10.3. The molecular weight excluding hydrogens is 194 g/mol. The molecule has 1 aliphatic rings. The summed E-state index contributed by atoms with van der Waals surface area (Å²) in [6.07, 6.45) is 3.12. The van der Waals surface area contributed by atoms with E-state index in [1.54, 1.807) is 0 Å². The van der Waals surface area contributed by atoms with Crippen molar-refractivity contribution in [3.63, 3.8) is 0 Å². The molecule has 84 valence electrons. The maximum absolute atomic E-state index is 10.3. The number of amides is 1. The summed E-state index contributed by atoms with van der Waals surface area (Å²) < 4.78 is 0. The van der Waals surface area contributed by atoms with Gasteiger partial charge in [0.25, 0.3) is 0 Å². The first-order valence-electron chi connectivity index (χ1n) is 5.28. The predicted molar refractivity (Wildman–Crippen MR) is 56.3 cm³/mol. The van der Waals surface area contributed by atoms with Crippen LogP contribution in [0.3, 0.4) is 0 Å². The highest BCUT2D eigenvalue weighted by Gasteiger charge is 2.19. The Balaban J connectivity index is 2.20. The van der Waals surface area contributed by atoms with E-state index in [2.05, 4.69) is 17.2 Å². The monoisotopic (exact) mass is 211 g/mol. The molecular formula is C11H17NO3. The van der Waals surface area contributed by atoms with Crippen LogP contribution in [0.5, 0.6) is 0 Å². The zero-order valence-electron chi connectivity index (χ0n) is 8.70. The van der Waals surface area contributed by atoms with Crippen molar-refractivity contribution in [3.05, 3.63) is 0 Å². The second-order valence-corrected chi connectivity index (χ2v) is 3.88. The molecule has 0 unspecified atom stereocenters. The molecule has 0 aromatic rings. The number of aliphatic hydroxyl groups excluding tert-OH is 1. The quantitative estimate of drug-likeness (QED) is 0.598. The van der Waals surface area contributed by atoms with E-state index in [4.69, 9.17) is 10.2 Å². The van der Waals surface area contributed by atoms with Gasteiger partial charge in [-0.25, -0.2) is 4.79 Å². The van der Waals surface area contributed by atoms with Crippen molar-refractivity contribution in [2.45, 2.75) is 25.7 Å². The minimum atomic E-state index is -0.947. The number of carboxylic acid groups (broad SMARTS) is 1. The summed E-state index contributed by atoms with van der Waals surface area (Å²) in [5.41, 5.74) is 0. The van der Waals surface area contributed by atoms with Crippen molar-refractivity contribution in [2.24, 2.45) is 11.8 Å². The van der Waals surface area contributed by atoms with Crippen molar-refractivity contribution in [1.82, 2.24) is 5.32 Å². The van der Waals surface area contributed by atoms with Gasteiger partial charge in [0, 0.05) is 12.5 Å². The van der Waals surface area contributed by atoms with Gasteiger partial charge in [-0.15, -0.1) is 0 Å². The fraction of sp³-hybridized carbons (Fsp3) is 0.727. The van der Waals surface area contributed by atoms with Gasteiger partial charge in [-0.05, 0) is 31.6 Å². The van der Waals surface area contributed by atoms with E-state index < -0.39 is 6.09 Å². The molecule has 0 aliphatic heterocycles. The molecule has 0 atom stereocenters. The summed E-state index contributed by atoms with van der Waals surface area (Å²) in [7, 11) is 0. The normalized spacial score (nSPS) is 25.1. The van der Waals surface area contributed by atoms with Crippen LogP contribution in [-0.2, 0) is 0 Å². The van der Waals surface area contributed by atoms with E-state index in [1.807, 2.05) is 0 Å². The van der Waals surface area contributed by atoms with Crippen LogP contribution in [0, 0.1) is 23.7 Å². The third-order valence-corrected chi connectivity index (χ3v) is 2.77. The summed E-state index contributed by atoms with van der Waals surface area (Å²) in [5, 5.41) is 19.4. The maximum Gasteiger partial charge on any atom is 0.404 e. The van der Waals surface area contributed by atoms with Gasteiger partial charge in [-0.2, -0.15) is 0 Å². The molecule has 1 rings (SSSR count). The smallest absolute Gasteiger partial charge is 0.404 e. The van der Waals surface area contributed by atoms with Gasteiger partial charge in [0.15, 0.2) is 0 Å². The second-order valence-electron chi connectivity index (χ2n) is 3.88. The van der Waals surface area contributed by atoms with Gasteiger partial charge in [0.05, 0.1) is 0 Å². The Bertz CT molecular complexity index is 259. The van der Waals surface area contributed by atoms with Gasteiger partial charge in [0.2, 0.25) is 0 Å². The minimum Gasteiger partial charge on any atom is -0.465 e. The number of hydrogen-bond acceptors (Lipinski definition) is 2. The molecule has 0 aromatic heterocycles. The van der Waals surface area contributed by atoms with Gasteiger partial charge >= 0.3 is 6.09 Å². The number of aliphatic hydroxyl groups is 1. The average molecular weight is 211 g/mol. The van der Waals surface area contributed by atoms with Crippen LogP contribution in [0.4, 0.5) is 4.79 Å². The molecule has 0 aromatic carbocycles. The Morgan fingerprint density at radius 3 is 2.53 bits per heavy atom. The summed E-state index contributed by atoms with van der Waals surface area (Å²) in [5.74, 6) is 6.54. The Labute approximate surface area is 89.7 Å². The van der Waals surface area contributed by atoms with Crippen LogP contribution in [0.1, 0.15) is 25.7 Å². The number of hydrogen-bond donors (Lipinski definition) is 3. The first-order valence-corrected chi connectivity index (χ1v) is 5.28. The van der Waals surface area contributed by atoms with Gasteiger partial charge < -0.3 is 15.5 Å². The lowest BCUT2D eigenvalue weighted by molar-refractivity contribution is 0.189. The van der Waals surface area contributed by atoms with Crippen LogP contribution in [0.2, 0.25) is 0 Å². The standard InChI is InChI=1S/C11H17NO3/c13-7-1-2-9-3-5-10(6-4-9)8-12-11(14)15/h9-10,12-13H,3-8H2,(H,14,15). The lowest BCUT2D eigenvalue weighted by Gasteiger charge is -2.25.